The van der Waals surface area contributed by atoms with Crippen molar-refractivity contribution >= 4 is 29.0 Å². The lowest BCUT2D eigenvalue weighted by Gasteiger charge is -2.09. The molecule has 2 N–H and O–H groups in total. The van der Waals surface area contributed by atoms with E-state index in [1.165, 1.54) is 28.9 Å². The number of carbonyl (C=O) groups excluding carboxylic acids is 1. The number of carbonyl (C=O) groups is 1. The number of nitro groups is 1. The number of nitrogens with zero attached hydrogens (tertiary/aromatic N) is 2. The highest BCUT2D eigenvalue weighted by Gasteiger charge is 2.28. The number of nitro benzene ring substituents is 1. The van der Waals surface area contributed by atoms with Gasteiger partial charge in [-0.05, 0) is 40.8 Å². The molecule has 0 radical (unpaired) electrons. The number of H-pyrrole nitrogens is 1. The van der Waals surface area contributed by atoms with E-state index in [1.807, 2.05) is 18.2 Å². The Balaban J connectivity index is 1.73. The first-order valence-electron chi connectivity index (χ1n) is 7.86. The average molecular weight is 387 g/mol. The van der Waals surface area contributed by atoms with Gasteiger partial charge in [0, 0.05) is 30.0 Å². The number of benzene rings is 2. The van der Waals surface area contributed by atoms with Crippen LogP contribution in [0.5, 0.6) is 0 Å². The number of hydrogen-bond acceptors (Lipinski definition) is 6. The molecule has 0 saturated carbocycles. The van der Waals surface area contributed by atoms with E-state index in [0.29, 0.717) is 11.4 Å². The lowest BCUT2D eigenvalue weighted by molar-refractivity contribution is -0.704. The lowest BCUT2D eigenvalue weighted by Crippen LogP contribution is -2.37. The van der Waals surface area contributed by atoms with E-state index in [-0.39, 0.29) is 16.6 Å². The topological polar surface area (TPSA) is 122 Å². The van der Waals surface area contributed by atoms with Crippen molar-refractivity contribution in [1.29, 1.82) is 0 Å². The number of hydrogen-bond donors (Lipinski definition) is 2. The molecule has 0 fully saturated rings. The first kappa shape index (κ1) is 18.4. The predicted molar refractivity (Wildman–Crippen MR) is 97.9 cm³/mol. The Morgan fingerprint density at radius 2 is 1.89 bits per heavy atom. The maximum absolute atomic E-state index is 12.4. The van der Waals surface area contributed by atoms with Crippen LogP contribution in [0, 0.1) is 10.1 Å². The number of thioether (sulfide) groups is 1. The smallest absolute Gasteiger partial charge is 0.325 e. The van der Waals surface area contributed by atoms with Gasteiger partial charge in [-0.1, -0.05) is 18.2 Å². The van der Waals surface area contributed by atoms with Gasteiger partial charge >= 0.3 is 10.7 Å². The fourth-order valence-corrected chi connectivity index (χ4v) is 3.13. The van der Waals surface area contributed by atoms with E-state index >= 15 is 0 Å². The average Bonchev–Trinajstić information content (AvgIpc) is 3.03. The van der Waals surface area contributed by atoms with Crippen LogP contribution in [-0.2, 0) is 4.79 Å². The Kier molecular flexibility index (Phi) is 5.36. The van der Waals surface area contributed by atoms with Gasteiger partial charge in [0.25, 0.3) is 5.69 Å². The zero-order valence-corrected chi connectivity index (χ0v) is 14.9. The Morgan fingerprint density at radius 1 is 1.22 bits per heavy atom. The van der Waals surface area contributed by atoms with Crippen LogP contribution < -0.4 is 15.6 Å². The Labute approximate surface area is 157 Å². The molecule has 3 rings (SSSR count). The van der Waals surface area contributed by atoms with E-state index in [2.05, 4.69) is 10.6 Å². The molecular formula is C17H15N4O5S+. The largest absolute Gasteiger partial charge is 0.442 e. The highest BCUT2D eigenvalue weighted by molar-refractivity contribution is 8.00. The van der Waals surface area contributed by atoms with Gasteiger partial charge in [-0.2, -0.15) is 0 Å². The molecule has 1 amide bonds. The van der Waals surface area contributed by atoms with Crippen molar-refractivity contribution in [3.8, 4) is 5.69 Å². The molecule has 0 aliphatic heterocycles. The summed E-state index contributed by atoms with van der Waals surface area (Å²) in [6.07, 6.45) is 0. The zero-order valence-electron chi connectivity index (χ0n) is 14.1. The van der Waals surface area contributed by atoms with Gasteiger partial charge in [0.05, 0.1) is 10.2 Å². The van der Waals surface area contributed by atoms with Crippen molar-refractivity contribution in [3.63, 3.8) is 0 Å². The number of para-hydroxylation sites is 1. The van der Waals surface area contributed by atoms with Crippen LogP contribution in [0.2, 0.25) is 0 Å². The van der Waals surface area contributed by atoms with Crippen molar-refractivity contribution < 1.29 is 18.9 Å². The Bertz CT molecular complexity index is 1010. The van der Waals surface area contributed by atoms with Crippen LogP contribution >= 0.6 is 11.8 Å². The summed E-state index contributed by atoms with van der Waals surface area (Å²) in [5, 5.41) is 15.5. The van der Waals surface area contributed by atoms with Crippen LogP contribution in [0.1, 0.15) is 6.92 Å². The second kappa shape index (κ2) is 7.87. The van der Waals surface area contributed by atoms with E-state index in [4.69, 9.17) is 4.52 Å². The maximum Gasteiger partial charge on any atom is 0.442 e. The summed E-state index contributed by atoms with van der Waals surface area (Å²) in [6, 6.07) is 14.5. The third kappa shape index (κ3) is 4.23. The van der Waals surface area contributed by atoms with Gasteiger partial charge in [-0.25, -0.2) is 4.79 Å². The van der Waals surface area contributed by atoms with Crippen LogP contribution in [0.15, 0.2) is 68.9 Å². The summed E-state index contributed by atoms with van der Waals surface area (Å²) in [5.74, 6) is -0.353. The maximum atomic E-state index is 12.4. The van der Waals surface area contributed by atoms with Crippen LogP contribution in [0.3, 0.4) is 0 Å². The third-order valence-electron chi connectivity index (χ3n) is 3.63. The number of anilines is 1. The van der Waals surface area contributed by atoms with Gasteiger partial charge in [-0.15, -0.1) is 0 Å². The Hall–Kier alpha value is -3.40. The summed E-state index contributed by atoms with van der Waals surface area (Å²) in [4.78, 5) is 34.6. The summed E-state index contributed by atoms with van der Waals surface area (Å²) < 4.78 is 6.31. The standard InChI is InChI=1S/C17H14N4O5S/c1-11(15(22)18-12-7-9-14(10-8-12)21(24)25)27-16-17(23)26-19-20(16)13-5-3-2-4-6-13/h2-11H,1H3,(H-,18,19,22,23)/p+1. The molecule has 0 aliphatic rings. The summed E-state index contributed by atoms with van der Waals surface area (Å²) >= 11 is 1.04. The molecule has 1 unspecified atom stereocenters. The number of aromatic amines is 1. The van der Waals surface area contributed by atoms with Crippen molar-refractivity contribution in [2.75, 3.05) is 5.32 Å². The first-order chi connectivity index (χ1) is 13.0. The van der Waals surface area contributed by atoms with Gasteiger partial charge in [0.1, 0.15) is 0 Å². The van der Waals surface area contributed by atoms with Gasteiger partial charge in [0.2, 0.25) is 11.6 Å². The predicted octanol–water partition coefficient (Wildman–Crippen LogP) is 2.27. The van der Waals surface area contributed by atoms with Crippen molar-refractivity contribution in [2.24, 2.45) is 0 Å². The van der Waals surface area contributed by atoms with Crippen LogP contribution in [0.25, 0.3) is 5.69 Å². The number of aromatic nitrogens is 2. The molecule has 1 heterocycles. The monoisotopic (exact) mass is 387 g/mol. The molecule has 1 aromatic heterocycles. The molecular weight excluding hydrogens is 372 g/mol. The summed E-state index contributed by atoms with van der Waals surface area (Å²) in [5.41, 5.74) is 0.465. The second-order valence-corrected chi connectivity index (χ2v) is 6.84. The molecule has 3 aromatic rings. The van der Waals surface area contributed by atoms with E-state index < -0.39 is 15.8 Å². The molecule has 0 bridgehead atoms. The molecule has 9 nitrogen and oxygen atoms in total. The fourth-order valence-electron chi connectivity index (χ4n) is 2.24. The van der Waals surface area contributed by atoms with Crippen molar-refractivity contribution in [2.45, 2.75) is 17.2 Å². The number of nitrogens with one attached hydrogen (secondary N) is 2. The minimum absolute atomic E-state index is 0.0655. The lowest BCUT2D eigenvalue weighted by atomic mass is 10.3. The normalized spacial score (nSPS) is 11.7. The van der Waals surface area contributed by atoms with Crippen LogP contribution in [-0.4, -0.2) is 21.4 Å². The summed E-state index contributed by atoms with van der Waals surface area (Å²) in [6.45, 7) is 1.65. The summed E-state index contributed by atoms with van der Waals surface area (Å²) in [7, 11) is 0. The number of rotatable bonds is 6. The molecule has 0 aliphatic carbocycles. The quantitative estimate of drug-likeness (QED) is 0.290. The second-order valence-electron chi connectivity index (χ2n) is 5.51. The minimum atomic E-state index is -0.617. The minimum Gasteiger partial charge on any atom is -0.325 e. The molecule has 27 heavy (non-hydrogen) atoms. The molecule has 138 valence electrons. The Morgan fingerprint density at radius 3 is 2.52 bits per heavy atom. The van der Waals surface area contributed by atoms with Gasteiger partial charge in [0.15, 0.2) is 0 Å². The van der Waals surface area contributed by atoms with Gasteiger partial charge in [-0.3, -0.25) is 19.4 Å². The molecule has 1 atom stereocenters. The van der Waals surface area contributed by atoms with Gasteiger partial charge < -0.3 is 5.32 Å². The number of amides is 1. The molecule has 0 spiro atoms. The van der Waals surface area contributed by atoms with E-state index in [0.717, 1.165) is 11.8 Å². The van der Waals surface area contributed by atoms with Crippen molar-refractivity contribution in [1.82, 2.24) is 5.27 Å². The van der Waals surface area contributed by atoms with Crippen LogP contribution in [0.4, 0.5) is 11.4 Å². The molecule has 10 heteroatoms. The van der Waals surface area contributed by atoms with Crippen molar-refractivity contribution in [3.05, 3.63) is 75.1 Å². The zero-order chi connectivity index (χ0) is 19.4. The molecule has 0 saturated heterocycles. The highest BCUT2D eigenvalue weighted by Crippen LogP contribution is 2.21. The van der Waals surface area contributed by atoms with E-state index in [1.54, 1.807) is 19.1 Å². The SMILES string of the molecule is CC(Sc1c(=O)o[nH][n+]1-c1ccccc1)C(=O)Nc1ccc([N+](=O)[O-])cc1. The fraction of sp³-hybridized carbons (Fsp3) is 0.118. The first-order valence-corrected chi connectivity index (χ1v) is 8.74. The third-order valence-corrected chi connectivity index (χ3v) is 4.77. The number of non-ortho nitro benzene ring substituents is 1. The highest BCUT2D eigenvalue weighted by atomic mass is 32.2. The molecule has 2 aromatic carbocycles. The van der Waals surface area contributed by atoms with E-state index in [9.17, 15) is 19.7 Å².